The van der Waals surface area contributed by atoms with Crippen LogP contribution in [0.5, 0.6) is 11.5 Å². The van der Waals surface area contributed by atoms with Crippen molar-refractivity contribution in [3.8, 4) is 33.8 Å². The lowest BCUT2D eigenvalue weighted by molar-refractivity contribution is 0.0696. The first-order chi connectivity index (χ1) is 17.8. The predicted molar refractivity (Wildman–Crippen MR) is 138 cm³/mol. The highest BCUT2D eigenvalue weighted by molar-refractivity contribution is 6.00. The van der Waals surface area contributed by atoms with E-state index in [1.165, 1.54) is 26.4 Å². The van der Waals surface area contributed by atoms with Crippen LogP contribution in [0.25, 0.3) is 33.3 Å². The van der Waals surface area contributed by atoms with Crippen LogP contribution in [0.15, 0.2) is 59.5 Å². The van der Waals surface area contributed by atoms with Crippen LogP contribution in [-0.4, -0.2) is 45.0 Å². The number of ether oxygens (including phenoxy) is 2. The number of carboxylic acids is 1. The van der Waals surface area contributed by atoms with Crippen molar-refractivity contribution in [2.24, 2.45) is 0 Å². The number of methoxy groups -OCH3 is 2. The Balaban J connectivity index is 1.81. The predicted octanol–water partition coefficient (Wildman–Crippen LogP) is 5.69. The average molecular weight is 499 g/mol. The molecule has 0 amide bonds. The minimum Gasteiger partial charge on any atom is -0.496 e. The summed E-state index contributed by atoms with van der Waals surface area (Å²) in [5.74, 6) is 0.384. The highest BCUT2D eigenvalue weighted by Gasteiger charge is 2.25. The summed E-state index contributed by atoms with van der Waals surface area (Å²) in [6.45, 7) is 5.84. The summed E-state index contributed by atoms with van der Waals surface area (Å²) in [5.41, 5.74) is 6.43. The Bertz CT molecular complexity index is 1580. The van der Waals surface area contributed by atoms with Crippen LogP contribution in [0, 0.1) is 13.8 Å². The molecule has 0 radical (unpaired) electrons. The first kappa shape index (κ1) is 24.1. The number of nitrogens with zero attached hydrogens (tertiary/aromatic N) is 4. The molecule has 5 aromatic rings. The van der Waals surface area contributed by atoms with Crippen molar-refractivity contribution in [2.45, 2.75) is 26.8 Å². The van der Waals surface area contributed by atoms with Gasteiger partial charge in [0.15, 0.2) is 0 Å². The summed E-state index contributed by atoms with van der Waals surface area (Å²) >= 11 is 0. The highest BCUT2D eigenvalue weighted by atomic mass is 16.5. The van der Waals surface area contributed by atoms with Gasteiger partial charge in [-0.1, -0.05) is 11.2 Å². The molecule has 0 aliphatic rings. The number of hydrogen-bond acceptors (Lipinski definition) is 7. The lowest BCUT2D eigenvalue weighted by Gasteiger charge is -2.15. The third-order valence-corrected chi connectivity index (χ3v) is 6.55. The van der Waals surface area contributed by atoms with Crippen molar-refractivity contribution >= 4 is 17.0 Å². The first-order valence-electron chi connectivity index (χ1n) is 11.7. The highest BCUT2D eigenvalue weighted by Crippen LogP contribution is 2.44. The summed E-state index contributed by atoms with van der Waals surface area (Å²) in [5, 5.41) is 13.7. The van der Waals surface area contributed by atoms with E-state index in [1.807, 2.05) is 38.2 Å². The standard InChI is InChI=1S/C28H26N4O5/c1-15-25(17(3)37-31-15)19-10-22-27(30-13-19)20(14-32(22)16(2)21-8-6-7-9-29-21)26-23(35-4)11-18(28(33)34)12-24(26)36-5/h6-14,16H,1-5H3,(H,33,34). The monoisotopic (exact) mass is 498 g/mol. The molecular weight excluding hydrogens is 472 g/mol. The Morgan fingerprint density at radius 2 is 1.78 bits per heavy atom. The zero-order chi connectivity index (χ0) is 26.3. The molecule has 0 aliphatic carbocycles. The van der Waals surface area contributed by atoms with Gasteiger partial charge < -0.3 is 23.7 Å². The topological polar surface area (TPSA) is 113 Å². The van der Waals surface area contributed by atoms with E-state index in [-0.39, 0.29) is 11.6 Å². The Labute approximate surface area is 213 Å². The Kier molecular flexibility index (Phi) is 6.12. The van der Waals surface area contributed by atoms with Crippen molar-refractivity contribution < 1.29 is 23.9 Å². The van der Waals surface area contributed by atoms with E-state index in [2.05, 4.69) is 27.7 Å². The second-order valence-electron chi connectivity index (χ2n) is 8.73. The number of benzene rings is 1. The minimum absolute atomic E-state index is 0.0664. The smallest absolute Gasteiger partial charge is 0.335 e. The van der Waals surface area contributed by atoms with Gasteiger partial charge in [0.1, 0.15) is 17.3 Å². The second kappa shape index (κ2) is 9.42. The fourth-order valence-corrected chi connectivity index (χ4v) is 4.73. The molecule has 4 heterocycles. The zero-order valence-electron chi connectivity index (χ0n) is 21.1. The number of fused-ring (bicyclic) bond motifs is 1. The molecule has 4 aromatic heterocycles. The van der Waals surface area contributed by atoms with Crippen LogP contribution >= 0.6 is 0 Å². The summed E-state index contributed by atoms with van der Waals surface area (Å²) in [4.78, 5) is 21.1. The maximum absolute atomic E-state index is 11.7. The van der Waals surface area contributed by atoms with Gasteiger partial charge in [-0.05, 0) is 51.1 Å². The van der Waals surface area contributed by atoms with Crippen molar-refractivity contribution in [1.29, 1.82) is 0 Å². The van der Waals surface area contributed by atoms with Gasteiger partial charge in [0.05, 0.1) is 53.8 Å². The Morgan fingerprint density at radius 3 is 2.35 bits per heavy atom. The summed E-state index contributed by atoms with van der Waals surface area (Å²) in [7, 11) is 3.01. The molecule has 37 heavy (non-hydrogen) atoms. The number of rotatable bonds is 7. The molecule has 188 valence electrons. The minimum atomic E-state index is -1.07. The number of hydrogen-bond donors (Lipinski definition) is 1. The van der Waals surface area contributed by atoms with Gasteiger partial charge in [-0.2, -0.15) is 0 Å². The average Bonchev–Trinajstić information content (AvgIpc) is 3.46. The second-order valence-corrected chi connectivity index (χ2v) is 8.73. The number of aromatic carboxylic acids is 1. The van der Waals surface area contributed by atoms with Crippen molar-refractivity contribution in [2.75, 3.05) is 14.2 Å². The van der Waals surface area contributed by atoms with E-state index >= 15 is 0 Å². The first-order valence-corrected chi connectivity index (χ1v) is 11.7. The van der Waals surface area contributed by atoms with E-state index in [9.17, 15) is 9.90 Å². The molecule has 0 bridgehead atoms. The number of aromatic nitrogens is 4. The van der Waals surface area contributed by atoms with Crippen LogP contribution in [0.3, 0.4) is 0 Å². The lowest BCUT2D eigenvalue weighted by atomic mass is 10.0. The van der Waals surface area contributed by atoms with E-state index in [4.69, 9.17) is 19.0 Å². The summed E-state index contributed by atoms with van der Waals surface area (Å²) in [6, 6.07) is 10.7. The Hall–Kier alpha value is -4.66. The SMILES string of the molecule is COc1cc(C(=O)O)cc(OC)c1-c1cn(C(C)c2ccccn2)c2cc(-c3c(C)noc3C)cnc12. The van der Waals surface area contributed by atoms with Crippen LogP contribution in [-0.2, 0) is 0 Å². The molecule has 1 N–H and O–H groups in total. The molecule has 5 rings (SSSR count). The zero-order valence-corrected chi connectivity index (χ0v) is 21.1. The molecule has 0 aliphatic heterocycles. The normalized spacial score (nSPS) is 12.0. The fourth-order valence-electron chi connectivity index (χ4n) is 4.73. The molecule has 9 heteroatoms. The third-order valence-electron chi connectivity index (χ3n) is 6.55. The number of aryl methyl sites for hydroxylation is 2. The van der Waals surface area contributed by atoms with Crippen LogP contribution < -0.4 is 9.47 Å². The molecule has 1 aromatic carbocycles. The molecule has 1 unspecified atom stereocenters. The van der Waals surface area contributed by atoms with E-state index in [0.29, 0.717) is 28.3 Å². The van der Waals surface area contributed by atoms with Gasteiger partial charge in [-0.25, -0.2) is 4.79 Å². The molecule has 0 saturated carbocycles. The Morgan fingerprint density at radius 1 is 1.05 bits per heavy atom. The third kappa shape index (κ3) is 4.08. The molecule has 0 saturated heterocycles. The number of carboxylic acid groups (broad SMARTS) is 1. The van der Waals surface area contributed by atoms with Crippen LogP contribution in [0.4, 0.5) is 0 Å². The van der Waals surface area contributed by atoms with Gasteiger partial charge in [-0.3, -0.25) is 9.97 Å². The van der Waals surface area contributed by atoms with Gasteiger partial charge in [0.25, 0.3) is 0 Å². The number of pyridine rings is 2. The van der Waals surface area contributed by atoms with Crippen molar-refractivity contribution in [1.82, 2.24) is 19.7 Å². The maximum atomic E-state index is 11.7. The molecule has 0 fully saturated rings. The van der Waals surface area contributed by atoms with Gasteiger partial charge in [0.2, 0.25) is 0 Å². The fraction of sp³-hybridized carbons (Fsp3) is 0.214. The lowest BCUT2D eigenvalue weighted by Crippen LogP contribution is -2.07. The van der Waals surface area contributed by atoms with E-state index in [1.54, 1.807) is 12.4 Å². The van der Waals surface area contributed by atoms with Gasteiger partial charge >= 0.3 is 5.97 Å². The van der Waals surface area contributed by atoms with Crippen LogP contribution in [0.1, 0.15) is 40.5 Å². The maximum Gasteiger partial charge on any atom is 0.335 e. The van der Waals surface area contributed by atoms with E-state index < -0.39 is 5.97 Å². The molecule has 1 atom stereocenters. The van der Waals surface area contributed by atoms with E-state index in [0.717, 1.165) is 33.6 Å². The molecule has 0 spiro atoms. The van der Waals surface area contributed by atoms with Gasteiger partial charge in [-0.15, -0.1) is 0 Å². The largest absolute Gasteiger partial charge is 0.496 e. The van der Waals surface area contributed by atoms with Gasteiger partial charge in [0, 0.05) is 35.3 Å². The molecular formula is C28H26N4O5. The summed E-state index contributed by atoms with van der Waals surface area (Å²) in [6.07, 6.45) is 5.54. The quantitative estimate of drug-likeness (QED) is 0.304. The number of carbonyl (C=O) groups is 1. The summed E-state index contributed by atoms with van der Waals surface area (Å²) < 4.78 is 18.8. The van der Waals surface area contributed by atoms with Crippen molar-refractivity contribution in [3.05, 3.63) is 77.7 Å². The van der Waals surface area contributed by atoms with Crippen molar-refractivity contribution in [3.63, 3.8) is 0 Å². The molecule has 9 nitrogen and oxygen atoms in total. The van der Waals surface area contributed by atoms with Crippen LogP contribution in [0.2, 0.25) is 0 Å².